The number of aromatic nitrogens is 2. The lowest BCUT2D eigenvalue weighted by molar-refractivity contribution is 0.0940. The smallest absolute Gasteiger partial charge is 0.292 e. The van der Waals surface area contributed by atoms with Crippen LogP contribution in [0.15, 0.2) is 30.3 Å². The van der Waals surface area contributed by atoms with Gasteiger partial charge in [0.15, 0.2) is 27.6 Å². The molecule has 1 heterocycles. The number of nitrogens with two attached hydrogens (primary N) is 2. The molecule has 0 saturated heterocycles. The molecule has 114 valence electrons. The van der Waals surface area contributed by atoms with Crippen LogP contribution in [0.4, 0.5) is 17.3 Å². The molecule has 0 unspecified atom stereocenters. The van der Waals surface area contributed by atoms with E-state index in [0.29, 0.717) is 0 Å². The van der Waals surface area contributed by atoms with E-state index >= 15 is 0 Å². The highest BCUT2D eigenvalue weighted by atomic mass is 35.5. The molecule has 0 aliphatic heterocycles. The van der Waals surface area contributed by atoms with Crippen molar-refractivity contribution >= 4 is 52.2 Å². The Morgan fingerprint density at radius 2 is 1.77 bits per heavy atom. The van der Waals surface area contributed by atoms with Crippen molar-refractivity contribution < 1.29 is 4.79 Å². The predicted octanol–water partition coefficient (Wildman–Crippen LogP) is 0.926. The number of benzene rings is 1. The van der Waals surface area contributed by atoms with E-state index in [0.717, 1.165) is 5.69 Å². The number of nitrogen functional groups attached to an aromatic ring is 2. The summed E-state index contributed by atoms with van der Waals surface area (Å²) in [4.78, 5) is 19.4. The standard InChI is InChI=1S/C12H12ClN7OS/c13-8-10(15)18-9(14)7(17-8)11(21)19-20-12(22)16-6-4-2-1-3-5-6/h1-5H,(H,19,21)(H4,14,15,18)(H2,16,20,22). The van der Waals surface area contributed by atoms with Crippen LogP contribution in [0.2, 0.25) is 5.15 Å². The van der Waals surface area contributed by atoms with E-state index in [2.05, 4.69) is 26.1 Å². The molecular weight excluding hydrogens is 326 g/mol. The number of carbonyl (C=O) groups is 1. The summed E-state index contributed by atoms with van der Waals surface area (Å²) < 4.78 is 0. The lowest BCUT2D eigenvalue weighted by Crippen LogP contribution is -2.44. The van der Waals surface area contributed by atoms with Crippen molar-refractivity contribution in [1.29, 1.82) is 0 Å². The number of anilines is 3. The summed E-state index contributed by atoms with van der Waals surface area (Å²) in [6, 6.07) is 9.19. The molecule has 0 fully saturated rings. The van der Waals surface area contributed by atoms with Crippen molar-refractivity contribution in [3.05, 3.63) is 41.2 Å². The number of hydrazine groups is 1. The summed E-state index contributed by atoms with van der Waals surface area (Å²) in [5, 5.41) is 2.96. The Morgan fingerprint density at radius 3 is 2.45 bits per heavy atom. The van der Waals surface area contributed by atoms with E-state index < -0.39 is 5.91 Å². The number of amides is 1. The Morgan fingerprint density at radius 1 is 1.09 bits per heavy atom. The number of rotatable bonds is 2. The number of hydrogen-bond donors (Lipinski definition) is 5. The summed E-state index contributed by atoms with van der Waals surface area (Å²) in [6.07, 6.45) is 0. The number of hydrogen-bond acceptors (Lipinski definition) is 6. The molecule has 10 heteroatoms. The minimum Gasteiger partial charge on any atom is -0.382 e. The van der Waals surface area contributed by atoms with Crippen LogP contribution in [-0.4, -0.2) is 21.0 Å². The van der Waals surface area contributed by atoms with Gasteiger partial charge >= 0.3 is 0 Å². The van der Waals surface area contributed by atoms with E-state index in [4.69, 9.17) is 35.3 Å². The molecule has 2 rings (SSSR count). The zero-order valence-corrected chi connectivity index (χ0v) is 12.7. The van der Waals surface area contributed by atoms with Crippen molar-refractivity contribution in [3.63, 3.8) is 0 Å². The summed E-state index contributed by atoms with van der Waals surface area (Å²) in [6.45, 7) is 0. The van der Waals surface area contributed by atoms with Gasteiger partial charge in [0.2, 0.25) is 0 Å². The van der Waals surface area contributed by atoms with E-state index in [1.165, 1.54) is 0 Å². The van der Waals surface area contributed by atoms with Gasteiger partial charge in [-0.2, -0.15) is 0 Å². The fourth-order valence-electron chi connectivity index (χ4n) is 1.47. The van der Waals surface area contributed by atoms with Crippen LogP contribution in [-0.2, 0) is 0 Å². The second-order valence-electron chi connectivity index (χ2n) is 4.03. The summed E-state index contributed by atoms with van der Waals surface area (Å²) in [5.41, 5.74) is 16.5. The van der Waals surface area contributed by atoms with Crippen molar-refractivity contribution in [3.8, 4) is 0 Å². The Labute approximate surface area is 136 Å². The molecule has 1 amide bonds. The summed E-state index contributed by atoms with van der Waals surface area (Å²) in [7, 11) is 0. The van der Waals surface area contributed by atoms with Gasteiger partial charge in [-0.25, -0.2) is 9.97 Å². The van der Waals surface area contributed by atoms with Gasteiger partial charge in [-0.15, -0.1) is 0 Å². The third kappa shape index (κ3) is 3.93. The molecule has 0 aliphatic rings. The zero-order chi connectivity index (χ0) is 16.1. The molecule has 22 heavy (non-hydrogen) atoms. The average molecular weight is 338 g/mol. The Bertz CT molecular complexity index is 710. The highest BCUT2D eigenvalue weighted by molar-refractivity contribution is 7.80. The number of nitrogens with zero attached hydrogens (tertiary/aromatic N) is 2. The molecule has 1 aromatic carbocycles. The van der Waals surface area contributed by atoms with Crippen LogP contribution >= 0.6 is 23.8 Å². The highest BCUT2D eigenvalue weighted by Crippen LogP contribution is 2.16. The predicted molar refractivity (Wildman–Crippen MR) is 89.1 cm³/mol. The first-order chi connectivity index (χ1) is 10.5. The Hall–Kier alpha value is -2.65. The quantitative estimate of drug-likeness (QED) is 0.404. The number of carbonyl (C=O) groups excluding carboxylic acids is 1. The minimum atomic E-state index is -0.649. The first-order valence-electron chi connectivity index (χ1n) is 5.98. The van der Waals surface area contributed by atoms with Crippen LogP contribution < -0.4 is 27.6 Å². The van der Waals surface area contributed by atoms with Crippen molar-refractivity contribution in [2.45, 2.75) is 0 Å². The van der Waals surface area contributed by atoms with Crippen molar-refractivity contribution in [1.82, 2.24) is 20.8 Å². The second kappa shape index (κ2) is 6.87. The minimum absolute atomic E-state index is 0.0510. The van der Waals surface area contributed by atoms with Gasteiger partial charge in [-0.1, -0.05) is 29.8 Å². The molecule has 0 aliphatic carbocycles. The van der Waals surface area contributed by atoms with Crippen LogP contribution in [0.5, 0.6) is 0 Å². The van der Waals surface area contributed by atoms with E-state index in [1.807, 2.05) is 30.3 Å². The van der Waals surface area contributed by atoms with Crippen molar-refractivity contribution in [2.24, 2.45) is 0 Å². The molecule has 1 aromatic heterocycles. The first-order valence-corrected chi connectivity index (χ1v) is 6.77. The van der Waals surface area contributed by atoms with Gasteiger partial charge in [0.25, 0.3) is 5.91 Å². The molecular formula is C12H12ClN7OS. The zero-order valence-electron chi connectivity index (χ0n) is 11.1. The van der Waals surface area contributed by atoms with Gasteiger partial charge in [0.05, 0.1) is 0 Å². The van der Waals surface area contributed by atoms with E-state index in [1.54, 1.807) is 0 Å². The summed E-state index contributed by atoms with van der Waals surface area (Å²) in [5.74, 6) is -0.836. The van der Waals surface area contributed by atoms with Gasteiger partial charge in [0.1, 0.15) is 0 Å². The van der Waals surface area contributed by atoms with Crippen LogP contribution in [0.1, 0.15) is 10.5 Å². The SMILES string of the molecule is Nc1nc(N)c(C(=O)NNC(=S)Nc2ccccc2)nc1Cl. The van der Waals surface area contributed by atoms with Crippen LogP contribution in [0.3, 0.4) is 0 Å². The molecule has 0 bridgehead atoms. The summed E-state index contributed by atoms with van der Waals surface area (Å²) >= 11 is 10.7. The molecule has 7 N–H and O–H groups in total. The third-order valence-electron chi connectivity index (χ3n) is 2.44. The lowest BCUT2D eigenvalue weighted by atomic mass is 10.3. The maximum Gasteiger partial charge on any atom is 0.292 e. The second-order valence-corrected chi connectivity index (χ2v) is 4.80. The molecule has 0 atom stereocenters. The third-order valence-corrected chi connectivity index (χ3v) is 2.92. The molecule has 8 nitrogen and oxygen atoms in total. The van der Waals surface area contributed by atoms with Gasteiger partial charge in [0, 0.05) is 5.69 Å². The van der Waals surface area contributed by atoms with E-state index in [9.17, 15) is 4.79 Å². The largest absolute Gasteiger partial charge is 0.382 e. The van der Waals surface area contributed by atoms with Crippen LogP contribution in [0, 0.1) is 0 Å². The normalized spacial score (nSPS) is 9.86. The fourth-order valence-corrected chi connectivity index (χ4v) is 1.76. The molecule has 0 saturated carbocycles. The molecule has 0 spiro atoms. The maximum atomic E-state index is 11.9. The van der Waals surface area contributed by atoms with Gasteiger partial charge in [-0.05, 0) is 24.4 Å². The number of nitrogens with one attached hydrogen (secondary N) is 3. The van der Waals surface area contributed by atoms with E-state index in [-0.39, 0.29) is 27.6 Å². The molecule has 2 aromatic rings. The Kier molecular flexibility index (Phi) is 4.92. The van der Waals surface area contributed by atoms with Crippen LogP contribution in [0.25, 0.3) is 0 Å². The average Bonchev–Trinajstić information content (AvgIpc) is 2.49. The Balaban J connectivity index is 1.95. The monoisotopic (exact) mass is 337 g/mol. The lowest BCUT2D eigenvalue weighted by Gasteiger charge is -2.12. The fraction of sp³-hybridized carbons (Fsp3) is 0. The highest BCUT2D eigenvalue weighted by Gasteiger charge is 2.15. The van der Waals surface area contributed by atoms with Gasteiger partial charge < -0.3 is 16.8 Å². The first kappa shape index (κ1) is 15.7. The maximum absolute atomic E-state index is 11.9. The van der Waals surface area contributed by atoms with Gasteiger partial charge in [-0.3, -0.25) is 15.6 Å². The number of thiocarbonyl (C=S) groups is 1. The number of halogens is 1. The number of para-hydroxylation sites is 1. The molecule has 0 radical (unpaired) electrons. The van der Waals surface area contributed by atoms with Crippen molar-refractivity contribution in [2.75, 3.05) is 16.8 Å². The topological polar surface area (TPSA) is 131 Å².